The zero-order chi connectivity index (χ0) is 15.2. The Morgan fingerprint density at radius 1 is 1.35 bits per heavy atom. The van der Waals surface area contributed by atoms with E-state index in [1.54, 1.807) is 0 Å². The Kier molecular flexibility index (Phi) is 5.37. The number of carbonyl (C=O) groups excluding carboxylic acids is 1. The number of ether oxygens (including phenoxy) is 1. The van der Waals surface area contributed by atoms with Gasteiger partial charge in [-0.15, -0.1) is 0 Å². The van der Waals surface area contributed by atoms with Gasteiger partial charge in [0.2, 0.25) is 0 Å². The molecular weight excluding hydrogens is 297 g/mol. The molecule has 1 aromatic carbocycles. The molecule has 0 spiro atoms. The maximum absolute atomic E-state index is 13.0. The minimum atomic E-state index is -4.99. The van der Waals surface area contributed by atoms with Crippen molar-refractivity contribution in [2.24, 2.45) is 4.36 Å². The third kappa shape index (κ3) is 3.86. The molecule has 0 aliphatic rings. The molecule has 0 aromatic heterocycles. The van der Waals surface area contributed by atoms with E-state index in [1.807, 2.05) is 0 Å². The molecule has 1 N–H and O–H groups in total. The van der Waals surface area contributed by atoms with Crippen LogP contribution in [0.15, 0.2) is 39.6 Å². The summed E-state index contributed by atoms with van der Waals surface area (Å²) >= 11 is 0. The van der Waals surface area contributed by atoms with Crippen LogP contribution in [0.2, 0.25) is 0 Å². The Morgan fingerprint density at radius 2 is 1.95 bits per heavy atom. The summed E-state index contributed by atoms with van der Waals surface area (Å²) in [6, 6.07) is 6.42. The van der Waals surface area contributed by atoms with Crippen LogP contribution in [0, 0.1) is 0 Å². The lowest BCUT2D eigenvalue weighted by Crippen LogP contribution is -2.28. The van der Waals surface area contributed by atoms with Crippen molar-refractivity contribution in [3.8, 4) is 0 Å². The highest BCUT2D eigenvalue weighted by Gasteiger charge is 2.44. The number of nitrogens with one attached hydrogen (secondary N) is 1. The maximum atomic E-state index is 13.0. The minimum Gasteiger partial charge on any atom is -0.453 e. The molecule has 0 aliphatic heterocycles. The maximum Gasteiger partial charge on any atom is 0.483 e. The van der Waals surface area contributed by atoms with Gasteiger partial charge in [-0.05, 0) is 12.1 Å². The Hall–Kier alpha value is -1.77. The van der Waals surface area contributed by atoms with Gasteiger partial charge in [0.15, 0.2) is 9.73 Å². The lowest BCUT2D eigenvalue weighted by molar-refractivity contribution is -0.0403. The quantitative estimate of drug-likeness (QED) is 0.868. The van der Waals surface area contributed by atoms with E-state index < -0.39 is 32.8 Å². The zero-order valence-corrected chi connectivity index (χ0v) is 11.3. The van der Waals surface area contributed by atoms with Gasteiger partial charge in [0.25, 0.3) is 0 Å². The second kappa shape index (κ2) is 6.60. The number of amides is 1. The van der Waals surface area contributed by atoms with Gasteiger partial charge < -0.3 is 10.1 Å². The van der Waals surface area contributed by atoms with Gasteiger partial charge in [0.05, 0.1) is 18.6 Å². The molecule has 1 aromatic rings. The van der Waals surface area contributed by atoms with Crippen molar-refractivity contribution >= 4 is 15.8 Å². The van der Waals surface area contributed by atoms with Crippen LogP contribution < -0.4 is 5.32 Å². The lowest BCUT2D eigenvalue weighted by atomic mass is 10.4. The number of hydrogen-bond acceptors (Lipinski definition) is 4. The van der Waals surface area contributed by atoms with Gasteiger partial charge in [0.1, 0.15) is 0 Å². The lowest BCUT2D eigenvalue weighted by Gasteiger charge is -2.13. The summed E-state index contributed by atoms with van der Waals surface area (Å²) < 4.78 is 58.5. The van der Waals surface area contributed by atoms with Crippen LogP contribution in [0.3, 0.4) is 0 Å². The number of benzene rings is 1. The standard InChI is InChI=1S/C11H13F3N2O3S/c1-19-10(17)15-7-8-16-20(18,11(12,13)14)9-5-3-2-4-6-9/h2-6H,7-8H2,1H3,(H,15,17). The predicted molar refractivity (Wildman–Crippen MR) is 66.6 cm³/mol. The molecule has 0 saturated heterocycles. The number of carbonyl (C=O) groups is 1. The van der Waals surface area contributed by atoms with E-state index >= 15 is 0 Å². The van der Waals surface area contributed by atoms with Crippen molar-refractivity contribution in [1.29, 1.82) is 0 Å². The number of alkyl carbamates (subject to hydrolysis) is 1. The number of alkyl halides is 3. The van der Waals surface area contributed by atoms with Crippen molar-refractivity contribution in [2.75, 3.05) is 20.2 Å². The smallest absolute Gasteiger partial charge is 0.453 e. The van der Waals surface area contributed by atoms with Gasteiger partial charge in [0, 0.05) is 6.54 Å². The topological polar surface area (TPSA) is 67.8 Å². The molecule has 0 aliphatic carbocycles. The highest BCUT2D eigenvalue weighted by atomic mass is 32.2. The minimum absolute atomic E-state index is 0.202. The second-order valence-corrected chi connectivity index (χ2v) is 5.80. The zero-order valence-electron chi connectivity index (χ0n) is 10.5. The van der Waals surface area contributed by atoms with E-state index in [0.29, 0.717) is 0 Å². The Morgan fingerprint density at radius 3 is 2.45 bits per heavy atom. The first-order valence-corrected chi connectivity index (χ1v) is 6.99. The Labute approximate surface area is 114 Å². The molecule has 1 amide bonds. The van der Waals surface area contributed by atoms with Crippen molar-refractivity contribution in [2.45, 2.75) is 10.4 Å². The van der Waals surface area contributed by atoms with E-state index in [1.165, 1.54) is 18.2 Å². The highest BCUT2D eigenvalue weighted by Crippen LogP contribution is 2.32. The van der Waals surface area contributed by atoms with E-state index in [-0.39, 0.29) is 6.54 Å². The summed E-state index contributed by atoms with van der Waals surface area (Å²) in [7, 11) is -3.44. The molecule has 0 bridgehead atoms. The molecule has 1 unspecified atom stereocenters. The Balaban J connectivity index is 2.97. The molecule has 1 atom stereocenters. The summed E-state index contributed by atoms with van der Waals surface area (Å²) in [6.45, 7) is -0.644. The van der Waals surface area contributed by atoms with Gasteiger partial charge in [-0.2, -0.15) is 13.2 Å². The van der Waals surface area contributed by atoms with Crippen LogP contribution in [-0.2, 0) is 14.5 Å². The monoisotopic (exact) mass is 310 g/mol. The SMILES string of the molecule is COC(=O)NCCN=S(=O)(c1ccccc1)C(F)(F)F. The molecule has 5 nitrogen and oxygen atoms in total. The van der Waals surface area contributed by atoms with Gasteiger partial charge >= 0.3 is 11.6 Å². The van der Waals surface area contributed by atoms with Crippen molar-refractivity contribution in [1.82, 2.24) is 5.32 Å². The molecule has 1 rings (SSSR count). The fourth-order valence-corrected chi connectivity index (χ4v) is 2.73. The molecule has 20 heavy (non-hydrogen) atoms. The molecule has 0 radical (unpaired) electrons. The van der Waals surface area contributed by atoms with E-state index in [4.69, 9.17) is 0 Å². The van der Waals surface area contributed by atoms with Crippen LogP contribution in [0.5, 0.6) is 0 Å². The number of rotatable bonds is 4. The summed E-state index contributed by atoms with van der Waals surface area (Å²) in [5.74, 6) is 0. The third-order valence-corrected chi connectivity index (χ3v) is 4.30. The van der Waals surface area contributed by atoms with Crippen LogP contribution >= 0.6 is 0 Å². The third-order valence-electron chi connectivity index (χ3n) is 2.22. The fourth-order valence-electron chi connectivity index (χ4n) is 1.29. The summed E-state index contributed by atoms with van der Waals surface area (Å²) in [5, 5.41) is 2.16. The fraction of sp³-hybridized carbons (Fsp3) is 0.364. The number of hydrogen-bond donors (Lipinski definition) is 1. The first-order valence-electron chi connectivity index (χ1n) is 5.47. The highest BCUT2D eigenvalue weighted by molar-refractivity contribution is 7.94. The van der Waals surface area contributed by atoms with Crippen LogP contribution in [0.4, 0.5) is 18.0 Å². The number of methoxy groups -OCH3 is 1. The average molecular weight is 310 g/mol. The average Bonchev–Trinajstić information content (AvgIpc) is 2.42. The first kappa shape index (κ1) is 16.3. The molecule has 0 fully saturated rings. The van der Waals surface area contributed by atoms with Crippen molar-refractivity contribution < 1.29 is 26.9 Å². The molecule has 9 heteroatoms. The molecule has 0 saturated carbocycles. The van der Waals surface area contributed by atoms with Crippen molar-refractivity contribution in [3.63, 3.8) is 0 Å². The summed E-state index contributed by atoms with van der Waals surface area (Å²) in [5.41, 5.74) is -4.99. The van der Waals surface area contributed by atoms with E-state index in [2.05, 4.69) is 14.4 Å². The van der Waals surface area contributed by atoms with Crippen molar-refractivity contribution in [3.05, 3.63) is 30.3 Å². The van der Waals surface area contributed by atoms with Gasteiger partial charge in [-0.3, -0.25) is 0 Å². The van der Waals surface area contributed by atoms with Gasteiger partial charge in [-0.25, -0.2) is 13.4 Å². The number of halogens is 3. The molecular formula is C11H13F3N2O3S. The van der Waals surface area contributed by atoms with Crippen LogP contribution in [-0.4, -0.2) is 36.0 Å². The molecule has 0 heterocycles. The second-order valence-electron chi connectivity index (χ2n) is 3.56. The van der Waals surface area contributed by atoms with E-state index in [9.17, 15) is 22.2 Å². The van der Waals surface area contributed by atoms with Crippen LogP contribution in [0.1, 0.15) is 0 Å². The normalized spacial score (nSPS) is 14.2. The summed E-state index contributed by atoms with van der Waals surface area (Å²) in [4.78, 5) is 10.3. The first-order chi connectivity index (χ1) is 9.31. The largest absolute Gasteiger partial charge is 0.483 e. The predicted octanol–water partition coefficient (Wildman–Crippen LogP) is 2.39. The molecule has 112 valence electrons. The van der Waals surface area contributed by atoms with Crippen LogP contribution in [0.25, 0.3) is 0 Å². The Bertz CT molecular complexity index is 566. The van der Waals surface area contributed by atoms with E-state index in [0.717, 1.165) is 19.2 Å². The van der Waals surface area contributed by atoms with Gasteiger partial charge in [-0.1, -0.05) is 18.2 Å². The summed E-state index contributed by atoms with van der Waals surface area (Å²) in [6.07, 6.45) is -0.793. The number of nitrogens with zero attached hydrogens (tertiary/aromatic N) is 1.